The molecule has 3 nitrogen and oxygen atoms in total. The Labute approximate surface area is 62.7 Å². The summed E-state index contributed by atoms with van der Waals surface area (Å²) in [5.41, 5.74) is 3.18. The van der Waals surface area contributed by atoms with Gasteiger partial charge in [-0.05, 0) is 6.92 Å². The first-order valence-corrected chi connectivity index (χ1v) is 3.11. The molecule has 0 saturated carbocycles. The Balaban J connectivity index is 2.51. The molecule has 1 heterocycles. The average Bonchev–Trinajstić information content (AvgIpc) is 1.85. The maximum atomic E-state index is 11.6. The Hall–Kier alpha value is -1.13. The van der Waals surface area contributed by atoms with Crippen LogP contribution in [0.15, 0.2) is 16.9 Å². The highest BCUT2D eigenvalue weighted by molar-refractivity contribution is 5.93. The van der Waals surface area contributed by atoms with Crippen LogP contribution in [0.4, 0.5) is 8.78 Å². The fourth-order valence-electron chi connectivity index (χ4n) is 0.749. The van der Waals surface area contributed by atoms with Crippen LogP contribution < -0.4 is 5.43 Å². The third-order valence-electron chi connectivity index (χ3n) is 1.12. The molecule has 0 amide bonds. The summed E-state index contributed by atoms with van der Waals surface area (Å²) in [5.74, 6) is 0.215. The molecule has 0 unspecified atom stereocenters. The predicted molar refractivity (Wildman–Crippen MR) is 36.3 cm³/mol. The second-order valence-electron chi connectivity index (χ2n) is 2.08. The zero-order valence-corrected chi connectivity index (χ0v) is 5.97. The maximum absolute atomic E-state index is 11.6. The van der Waals surface area contributed by atoms with Gasteiger partial charge >= 0.3 is 6.61 Å². The van der Waals surface area contributed by atoms with Crippen LogP contribution in [0.5, 0.6) is 0 Å². The number of nitrogens with zero attached hydrogens (tertiary/aromatic N) is 1. The van der Waals surface area contributed by atoms with Crippen LogP contribution in [0, 0.1) is 0 Å². The molecule has 0 saturated heterocycles. The molecule has 1 rings (SSSR count). The van der Waals surface area contributed by atoms with Gasteiger partial charge in [-0.2, -0.15) is 13.9 Å². The normalized spacial score (nSPS) is 17.1. The lowest BCUT2D eigenvalue weighted by Crippen LogP contribution is -2.20. The molecule has 0 aliphatic carbocycles. The molecule has 0 atom stereocenters. The number of alkyl halides is 2. The molecule has 0 radical (unpaired) electrons. The van der Waals surface area contributed by atoms with Crippen molar-refractivity contribution < 1.29 is 13.5 Å². The fourth-order valence-corrected chi connectivity index (χ4v) is 0.749. The standard InChI is InChI=1S/C6H8F2N2O/c1-4-2-5(3-9-10-4)11-6(7)8/h2,6,9H,3H2,1H3. The largest absolute Gasteiger partial charge is 0.437 e. The zero-order valence-electron chi connectivity index (χ0n) is 5.97. The quantitative estimate of drug-likeness (QED) is 0.659. The van der Waals surface area contributed by atoms with E-state index in [1.54, 1.807) is 6.92 Å². The van der Waals surface area contributed by atoms with Crippen molar-refractivity contribution in [3.63, 3.8) is 0 Å². The van der Waals surface area contributed by atoms with Crippen LogP contribution in [0.1, 0.15) is 6.92 Å². The molecule has 0 bridgehead atoms. The van der Waals surface area contributed by atoms with E-state index in [-0.39, 0.29) is 12.3 Å². The first kappa shape index (κ1) is 7.97. The van der Waals surface area contributed by atoms with Gasteiger partial charge in [0.05, 0.1) is 12.3 Å². The van der Waals surface area contributed by atoms with E-state index < -0.39 is 6.61 Å². The van der Waals surface area contributed by atoms with Gasteiger partial charge in [-0.15, -0.1) is 0 Å². The molecule has 1 aliphatic rings. The number of hydrazone groups is 1. The molecule has 62 valence electrons. The molecule has 5 heteroatoms. The summed E-state index contributed by atoms with van der Waals surface area (Å²) in [7, 11) is 0. The molecule has 1 N–H and O–H groups in total. The Morgan fingerprint density at radius 3 is 3.00 bits per heavy atom. The highest BCUT2D eigenvalue weighted by atomic mass is 19.3. The molecule has 0 spiro atoms. The Bertz CT molecular complexity index is 201. The van der Waals surface area contributed by atoms with Crippen molar-refractivity contribution in [1.29, 1.82) is 0 Å². The molecule has 0 aromatic rings. The van der Waals surface area contributed by atoms with E-state index in [4.69, 9.17) is 0 Å². The van der Waals surface area contributed by atoms with Crippen molar-refractivity contribution >= 4 is 5.71 Å². The van der Waals surface area contributed by atoms with Crippen LogP contribution in [0.2, 0.25) is 0 Å². The summed E-state index contributed by atoms with van der Waals surface area (Å²) >= 11 is 0. The van der Waals surface area contributed by atoms with Gasteiger partial charge in [0.2, 0.25) is 0 Å². The molecular weight excluding hydrogens is 154 g/mol. The number of rotatable bonds is 2. The number of allylic oxidation sites excluding steroid dienone is 1. The Morgan fingerprint density at radius 2 is 2.45 bits per heavy atom. The summed E-state index contributed by atoms with van der Waals surface area (Å²) in [6.07, 6.45) is 1.47. The number of hydrogen-bond acceptors (Lipinski definition) is 3. The average molecular weight is 162 g/mol. The zero-order chi connectivity index (χ0) is 8.27. The van der Waals surface area contributed by atoms with Gasteiger partial charge in [-0.3, -0.25) is 0 Å². The lowest BCUT2D eigenvalue weighted by molar-refractivity contribution is -0.0972. The first-order chi connectivity index (χ1) is 5.18. The van der Waals surface area contributed by atoms with E-state index in [1.807, 2.05) is 0 Å². The van der Waals surface area contributed by atoms with Crippen LogP contribution in [0.3, 0.4) is 0 Å². The monoisotopic (exact) mass is 162 g/mol. The second-order valence-corrected chi connectivity index (χ2v) is 2.08. The van der Waals surface area contributed by atoms with E-state index in [0.717, 1.165) is 0 Å². The SMILES string of the molecule is CC1=NNCC(OC(F)F)=C1. The van der Waals surface area contributed by atoms with Crippen LogP contribution in [0.25, 0.3) is 0 Å². The first-order valence-electron chi connectivity index (χ1n) is 3.11. The summed E-state index contributed by atoms with van der Waals surface area (Å²) in [5, 5.41) is 3.75. The van der Waals surface area contributed by atoms with Gasteiger partial charge in [0, 0.05) is 6.08 Å². The minimum Gasteiger partial charge on any atom is -0.437 e. The Kier molecular flexibility index (Phi) is 2.40. The third-order valence-corrected chi connectivity index (χ3v) is 1.12. The maximum Gasteiger partial charge on any atom is 0.387 e. The van der Waals surface area contributed by atoms with E-state index in [0.29, 0.717) is 5.71 Å². The van der Waals surface area contributed by atoms with Crippen molar-refractivity contribution in [2.24, 2.45) is 5.10 Å². The van der Waals surface area contributed by atoms with Crippen LogP contribution >= 0.6 is 0 Å². The molecular formula is C6H8F2N2O. The molecule has 0 aromatic heterocycles. The van der Waals surface area contributed by atoms with Crippen LogP contribution in [-0.4, -0.2) is 18.9 Å². The minimum absolute atomic E-state index is 0.215. The highest BCUT2D eigenvalue weighted by Gasteiger charge is 2.09. The summed E-state index contributed by atoms with van der Waals surface area (Å²) in [4.78, 5) is 0. The van der Waals surface area contributed by atoms with Crippen LogP contribution in [-0.2, 0) is 4.74 Å². The van der Waals surface area contributed by atoms with Gasteiger partial charge in [-0.25, -0.2) is 0 Å². The van der Waals surface area contributed by atoms with E-state index >= 15 is 0 Å². The summed E-state index contributed by atoms with van der Waals surface area (Å²) in [6, 6.07) is 0. The predicted octanol–water partition coefficient (Wildman–Crippen LogP) is 1.09. The molecule has 0 fully saturated rings. The topological polar surface area (TPSA) is 33.6 Å². The van der Waals surface area contributed by atoms with Gasteiger partial charge in [0.15, 0.2) is 0 Å². The number of hydrogen-bond donors (Lipinski definition) is 1. The highest BCUT2D eigenvalue weighted by Crippen LogP contribution is 2.06. The van der Waals surface area contributed by atoms with E-state index in [9.17, 15) is 8.78 Å². The number of nitrogens with one attached hydrogen (secondary N) is 1. The fraction of sp³-hybridized carbons (Fsp3) is 0.500. The van der Waals surface area contributed by atoms with Gasteiger partial charge in [-0.1, -0.05) is 0 Å². The summed E-state index contributed by atoms with van der Waals surface area (Å²) in [6.45, 7) is -0.836. The van der Waals surface area contributed by atoms with Crippen molar-refractivity contribution in [1.82, 2.24) is 5.43 Å². The van der Waals surface area contributed by atoms with Gasteiger partial charge in [0.1, 0.15) is 5.76 Å². The lowest BCUT2D eigenvalue weighted by atomic mass is 10.3. The molecule has 0 aromatic carbocycles. The van der Waals surface area contributed by atoms with Crippen molar-refractivity contribution in [2.75, 3.05) is 6.54 Å². The number of ether oxygens (including phenoxy) is 1. The molecule has 1 aliphatic heterocycles. The Morgan fingerprint density at radius 1 is 1.73 bits per heavy atom. The second kappa shape index (κ2) is 3.32. The van der Waals surface area contributed by atoms with Gasteiger partial charge < -0.3 is 10.2 Å². The number of halogens is 2. The molecule has 11 heavy (non-hydrogen) atoms. The summed E-state index contributed by atoms with van der Waals surface area (Å²) < 4.78 is 27.4. The van der Waals surface area contributed by atoms with Crippen molar-refractivity contribution in [3.8, 4) is 0 Å². The minimum atomic E-state index is -2.76. The van der Waals surface area contributed by atoms with E-state index in [1.165, 1.54) is 6.08 Å². The van der Waals surface area contributed by atoms with Gasteiger partial charge in [0.25, 0.3) is 0 Å². The van der Waals surface area contributed by atoms with Crippen molar-refractivity contribution in [2.45, 2.75) is 13.5 Å². The van der Waals surface area contributed by atoms with Crippen molar-refractivity contribution in [3.05, 3.63) is 11.8 Å². The lowest BCUT2D eigenvalue weighted by Gasteiger charge is -2.12. The third kappa shape index (κ3) is 2.53. The van der Waals surface area contributed by atoms with E-state index in [2.05, 4.69) is 15.3 Å². The smallest absolute Gasteiger partial charge is 0.387 e.